The Balaban J connectivity index is 2.06. The first kappa shape index (κ1) is 16.3. The molecule has 114 valence electrons. The van der Waals surface area contributed by atoms with E-state index >= 15 is 0 Å². The van der Waals surface area contributed by atoms with Crippen LogP contribution < -0.4 is 14.8 Å². The average molecular weight is 370 g/mol. The quantitative estimate of drug-likeness (QED) is 0.773. The molecule has 0 bridgehead atoms. The molecule has 0 spiro atoms. The standard InChI is InChI=1S/C16H20BrNO2S/c1-11(2)18-9-12-4-6-14(19-3)15(8-12)20-10-13-5-7-16(17)21-13/h4-8,11,18H,9-10H2,1-3H3. The van der Waals surface area contributed by atoms with E-state index in [2.05, 4.69) is 47.2 Å². The molecule has 0 unspecified atom stereocenters. The van der Waals surface area contributed by atoms with Gasteiger partial charge in [-0.2, -0.15) is 0 Å². The summed E-state index contributed by atoms with van der Waals surface area (Å²) >= 11 is 5.14. The third-order valence-corrected chi connectivity index (χ3v) is 4.54. The first-order valence-corrected chi connectivity index (χ1v) is 8.46. The maximum absolute atomic E-state index is 5.91. The second-order valence-electron chi connectivity index (χ2n) is 5.02. The number of halogens is 1. The highest BCUT2D eigenvalue weighted by Crippen LogP contribution is 2.30. The van der Waals surface area contributed by atoms with Crippen molar-refractivity contribution in [3.05, 3.63) is 44.6 Å². The maximum atomic E-state index is 5.91. The highest BCUT2D eigenvalue weighted by molar-refractivity contribution is 9.11. The van der Waals surface area contributed by atoms with E-state index in [1.165, 1.54) is 10.4 Å². The Morgan fingerprint density at radius 1 is 1.19 bits per heavy atom. The van der Waals surface area contributed by atoms with Gasteiger partial charge in [0.25, 0.3) is 0 Å². The van der Waals surface area contributed by atoms with Crippen molar-refractivity contribution in [3.63, 3.8) is 0 Å². The van der Waals surface area contributed by atoms with E-state index in [-0.39, 0.29) is 0 Å². The lowest BCUT2D eigenvalue weighted by molar-refractivity contribution is 0.287. The summed E-state index contributed by atoms with van der Waals surface area (Å²) in [5.41, 5.74) is 1.19. The predicted octanol–water partition coefficient (Wildman–Crippen LogP) is 4.60. The summed E-state index contributed by atoms with van der Waals surface area (Å²) in [6.45, 7) is 5.64. The van der Waals surface area contributed by atoms with Gasteiger partial charge in [-0.15, -0.1) is 11.3 Å². The van der Waals surface area contributed by atoms with Crippen LogP contribution in [0.5, 0.6) is 11.5 Å². The summed E-state index contributed by atoms with van der Waals surface area (Å²) in [4.78, 5) is 1.18. The van der Waals surface area contributed by atoms with Gasteiger partial charge in [0.1, 0.15) is 6.61 Å². The topological polar surface area (TPSA) is 30.5 Å². The lowest BCUT2D eigenvalue weighted by atomic mass is 10.2. The predicted molar refractivity (Wildman–Crippen MR) is 91.3 cm³/mol. The van der Waals surface area contributed by atoms with E-state index in [0.29, 0.717) is 12.6 Å². The van der Waals surface area contributed by atoms with Crippen LogP contribution in [-0.4, -0.2) is 13.2 Å². The molecule has 0 fully saturated rings. The Bertz CT molecular complexity index is 583. The smallest absolute Gasteiger partial charge is 0.162 e. The summed E-state index contributed by atoms with van der Waals surface area (Å²) in [6.07, 6.45) is 0. The molecular formula is C16H20BrNO2S. The SMILES string of the molecule is COc1ccc(CNC(C)C)cc1OCc1ccc(Br)s1. The van der Waals surface area contributed by atoms with Gasteiger partial charge in [0.05, 0.1) is 10.9 Å². The van der Waals surface area contributed by atoms with Crippen LogP contribution in [0.3, 0.4) is 0 Å². The number of ether oxygens (including phenoxy) is 2. The molecule has 2 aromatic rings. The number of hydrogen-bond acceptors (Lipinski definition) is 4. The van der Waals surface area contributed by atoms with Crippen molar-refractivity contribution in [2.45, 2.75) is 33.0 Å². The zero-order valence-electron chi connectivity index (χ0n) is 12.5. The Morgan fingerprint density at radius 3 is 2.62 bits per heavy atom. The Morgan fingerprint density at radius 2 is 2.00 bits per heavy atom. The van der Waals surface area contributed by atoms with Gasteiger partial charge < -0.3 is 14.8 Å². The fourth-order valence-electron chi connectivity index (χ4n) is 1.84. The largest absolute Gasteiger partial charge is 0.493 e. The molecule has 3 nitrogen and oxygen atoms in total. The van der Waals surface area contributed by atoms with E-state index in [1.54, 1.807) is 18.4 Å². The summed E-state index contributed by atoms with van der Waals surface area (Å²) < 4.78 is 12.4. The van der Waals surface area contributed by atoms with E-state index in [1.807, 2.05) is 18.2 Å². The van der Waals surface area contributed by atoms with Gasteiger partial charge in [0.15, 0.2) is 11.5 Å². The molecule has 0 radical (unpaired) electrons. The molecule has 0 atom stereocenters. The molecule has 1 heterocycles. The van der Waals surface area contributed by atoms with Gasteiger partial charge in [-0.3, -0.25) is 0 Å². The number of nitrogens with one attached hydrogen (secondary N) is 1. The van der Waals surface area contributed by atoms with E-state index in [4.69, 9.17) is 9.47 Å². The average Bonchev–Trinajstić information content (AvgIpc) is 2.88. The van der Waals surface area contributed by atoms with Crippen LogP contribution in [0.15, 0.2) is 34.1 Å². The van der Waals surface area contributed by atoms with E-state index in [9.17, 15) is 0 Å². The van der Waals surface area contributed by atoms with Crippen molar-refractivity contribution in [1.29, 1.82) is 0 Å². The van der Waals surface area contributed by atoms with Gasteiger partial charge >= 0.3 is 0 Å². The Hall–Kier alpha value is -1.04. The van der Waals surface area contributed by atoms with Gasteiger partial charge in [-0.25, -0.2) is 0 Å². The summed E-state index contributed by atoms with van der Waals surface area (Å²) in [7, 11) is 1.66. The van der Waals surface area contributed by atoms with Crippen LogP contribution in [0.25, 0.3) is 0 Å². The van der Waals surface area contributed by atoms with Crippen LogP contribution in [0.1, 0.15) is 24.3 Å². The van der Waals surface area contributed by atoms with Gasteiger partial charge in [0.2, 0.25) is 0 Å². The maximum Gasteiger partial charge on any atom is 0.162 e. The third-order valence-electron chi connectivity index (χ3n) is 2.94. The molecule has 0 aliphatic heterocycles. The van der Waals surface area contributed by atoms with Crippen LogP contribution in [0, 0.1) is 0 Å². The molecular weight excluding hydrogens is 350 g/mol. The summed E-state index contributed by atoms with van der Waals surface area (Å²) in [5, 5.41) is 3.40. The molecule has 1 N–H and O–H groups in total. The lowest BCUT2D eigenvalue weighted by Crippen LogP contribution is -2.21. The van der Waals surface area contributed by atoms with Crippen molar-refractivity contribution in [3.8, 4) is 11.5 Å². The third kappa shape index (κ3) is 5.02. The van der Waals surface area contributed by atoms with Crippen molar-refractivity contribution in [1.82, 2.24) is 5.32 Å². The second-order valence-corrected chi connectivity index (χ2v) is 7.56. The fraction of sp³-hybridized carbons (Fsp3) is 0.375. The Kier molecular flexibility index (Phi) is 6.08. The van der Waals surface area contributed by atoms with Crippen LogP contribution in [0.4, 0.5) is 0 Å². The number of hydrogen-bond donors (Lipinski definition) is 1. The van der Waals surface area contributed by atoms with Crippen molar-refractivity contribution >= 4 is 27.3 Å². The summed E-state index contributed by atoms with van der Waals surface area (Å²) in [6, 6.07) is 10.6. The van der Waals surface area contributed by atoms with Crippen molar-refractivity contribution < 1.29 is 9.47 Å². The van der Waals surface area contributed by atoms with Gasteiger partial charge in [0, 0.05) is 17.5 Å². The highest BCUT2D eigenvalue weighted by atomic mass is 79.9. The van der Waals surface area contributed by atoms with Gasteiger partial charge in [-0.05, 0) is 45.8 Å². The monoisotopic (exact) mass is 369 g/mol. The highest BCUT2D eigenvalue weighted by Gasteiger charge is 2.07. The minimum absolute atomic E-state index is 0.458. The molecule has 0 aliphatic carbocycles. The minimum atomic E-state index is 0.458. The fourth-order valence-corrected chi connectivity index (χ4v) is 3.24. The number of thiophene rings is 1. The van der Waals surface area contributed by atoms with Crippen molar-refractivity contribution in [2.24, 2.45) is 0 Å². The number of methoxy groups -OCH3 is 1. The number of benzene rings is 1. The Labute approximate surface area is 138 Å². The van der Waals surface area contributed by atoms with Crippen LogP contribution in [0.2, 0.25) is 0 Å². The molecule has 2 rings (SSSR count). The zero-order chi connectivity index (χ0) is 15.2. The zero-order valence-corrected chi connectivity index (χ0v) is 14.9. The number of rotatable bonds is 7. The molecule has 21 heavy (non-hydrogen) atoms. The van der Waals surface area contributed by atoms with Crippen molar-refractivity contribution in [2.75, 3.05) is 7.11 Å². The van der Waals surface area contributed by atoms with Crippen LogP contribution in [-0.2, 0) is 13.2 Å². The molecule has 1 aromatic heterocycles. The van der Waals surface area contributed by atoms with E-state index in [0.717, 1.165) is 21.8 Å². The second kappa shape index (κ2) is 7.82. The molecule has 0 aliphatic rings. The molecule has 0 saturated carbocycles. The first-order chi connectivity index (χ1) is 10.1. The molecule has 5 heteroatoms. The molecule has 0 saturated heterocycles. The normalized spacial score (nSPS) is 10.9. The first-order valence-electron chi connectivity index (χ1n) is 6.86. The van der Waals surface area contributed by atoms with E-state index < -0.39 is 0 Å². The minimum Gasteiger partial charge on any atom is -0.493 e. The summed E-state index contributed by atoms with van der Waals surface area (Å²) in [5.74, 6) is 1.55. The lowest BCUT2D eigenvalue weighted by Gasteiger charge is -2.13. The van der Waals surface area contributed by atoms with Crippen LogP contribution >= 0.6 is 27.3 Å². The molecule has 0 amide bonds. The molecule has 1 aromatic carbocycles. The van der Waals surface area contributed by atoms with Gasteiger partial charge in [-0.1, -0.05) is 19.9 Å².